The molecule has 1 fully saturated rings. The summed E-state index contributed by atoms with van der Waals surface area (Å²) in [6.45, 7) is 0. The van der Waals surface area contributed by atoms with Gasteiger partial charge in [-0.05, 0) is 47.6 Å². The third-order valence-electron chi connectivity index (χ3n) is 3.99. The van der Waals surface area contributed by atoms with Crippen LogP contribution in [0.4, 0.5) is 4.39 Å². The van der Waals surface area contributed by atoms with Gasteiger partial charge in [0.15, 0.2) is 0 Å². The topological polar surface area (TPSA) is 20.2 Å². The highest BCUT2D eigenvalue weighted by Gasteiger charge is 2.19. The Morgan fingerprint density at radius 3 is 2.32 bits per heavy atom. The molecule has 1 aliphatic carbocycles. The van der Waals surface area contributed by atoms with Crippen molar-refractivity contribution in [3.8, 4) is 0 Å². The van der Waals surface area contributed by atoms with Crippen LogP contribution in [0.3, 0.4) is 0 Å². The van der Waals surface area contributed by atoms with Crippen molar-refractivity contribution < 1.29 is 9.50 Å². The van der Waals surface area contributed by atoms with Gasteiger partial charge in [0.25, 0.3) is 0 Å². The second kappa shape index (κ2) is 5.14. The van der Waals surface area contributed by atoms with E-state index in [4.69, 9.17) is 0 Å². The molecule has 0 bridgehead atoms. The van der Waals surface area contributed by atoms with Gasteiger partial charge >= 0.3 is 0 Å². The summed E-state index contributed by atoms with van der Waals surface area (Å²) < 4.78 is 13.2. The van der Waals surface area contributed by atoms with Crippen LogP contribution in [0.5, 0.6) is 0 Å². The van der Waals surface area contributed by atoms with E-state index in [1.165, 1.54) is 37.0 Å². The molecule has 19 heavy (non-hydrogen) atoms. The summed E-state index contributed by atoms with van der Waals surface area (Å²) in [5.41, 5.74) is 2.76. The SMILES string of the molecule is OC(c1ccc(C2CCC2)cc1)c1cccc(F)c1. The molecule has 0 heterocycles. The molecule has 3 rings (SSSR count). The van der Waals surface area contributed by atoms with Crippen LogP contribution in [0.25, 0.3) is 0 Å². The highest BCUT2D eigenvalue weighted by molar-refractivity contribution is 5.33. The zero-order valence-electron chi connectivity index (χ0n) is 10.7. The Balaban J connectivity index is 1.81. The van der Waals surface area contributed by atoms with E-state index < -0.39 is 6.10 Å². The Morgan fingerprint density at radius 2 is 1.74 bits per heavy atom. The van der Waals surface area contributed by atoms with E-state index in [1.807, 2.05) is 12.1 Å². The van der Waals surface area contributed by atoms with E-state index in [0.717, 1.165) is 5.56 Å². The molecule has 0 radical (unpaired) electrons. The molecule has 1 aliphatic rings. The van der Waals surface area contributed by atoms with E-state index in [-0.39, 0.29) is 5.82 Å². The highest BCUT2D eigenvalue weighted by Crippen LogP contribution is 2.36. The predicted molar refractivity (Wildman–Crippen MR) is 73.5 cm³/mol. The number of hydrogen-bond acceptors (Lipinski definition) is 1. The first kappa shape index (κ1) is 12.4. The summed E-state index contributed by atoms with van der Waals surface area (Å²) in [4.78, 5) is 0. The van der Waals surface area contributed by atoms with E-state index in [9.17, 15) is 9.50 Å². The Morgan fingerprint density at radius 1 is 1.00 bits per heavy atom. The van der Waals surface area contributed by atoms with Gasteiger partial charge in [0, 0.05) is 0 Å². The van der Waals surface area contributed by atoms with E-state index in [2.05, 4.69) is 12.1 Å². The number of halogens is 1. The molecule has 1 saturated carbocycles. The van der Waals surface area contributed by atoms with Crippen molar-refractivity contribution >= 4 is 0 Å². The molecule has 0 aliphatic heterocycles. The first-order valence-electron chi connectivity index (χ1n) is 6.77. The van der Waals surface area contributed by atoms with Gasteiger partial charge in [-0.25, -0.2) is 4.39 Å². The van der Waals surface area contributed by atoms with Crippen molar-refractivity contribution in [3.63, 3.8) is 0 Å². The second-order valence-electron chi connectivity index (χ2n) is 5.25. The molecular formula is C17H17FO. The summed E-state index contributed by atoms with van der Waals surface area (Å²) >= 11 is 0. The standard InChI is InChI=1S/C17H17FO/c18-16-6-2-5-15(11-16)17(19)14-9-7-13(8-10-14)12-3-1-4-12/h2,5-12,17,19H,1,3-4H2. The van der Waals surface area contributed by atoms with Crippen molar-refractivity contribution in [1.29, 1.82) is 0 Å². The van der Waals surface area contributed by atoms with Gasteiger partial charge in [0.05, 0.1) is 0 Å². The van der Waals surface area contributed by atoms with Gasteiger partial charge in [-0.3, -0.25) is 0 Å². The van der Waals surface area contributed by atoms with Crippen LogP contribution in [0.2, 0.25) is 0 Å². The maximum absolute atomic E-state index is 13.2. The Hall–Kier alpha value is -1.67. The summed E-state index contributed by atoms with van der Waals surface area (Å²) in [5.74, 6) is 0.378. The Bertz CT molecular complexity index is 558. The van der Waals surface area contributed by atoms with Gasteiger partial charge in [0.2, 0.25) is 0 Å². The normalized spacial score (nSPS) is 16.9. The third-order valence-corrected chi connectivity index (χ3v) is 3.99. The molecule has 98 valence electrons. The Kier molecular flexibility index (Phi) is 3.34. The molecule has 0 spiro atoms. The van der Waals surface area contributed by atoms with Gasteiger partial charge in [-0.2, -0.15) is 0 Å². The molecule has 0 amide bonds. The van der Waals surface area contributed by atoms with Gasteiger partial charge < -0.3 is 5.11 Å². The van der Waals surface area contributed by atoms with Crippen molar-refractivity contribution in [2.24, 2.45) is 0 Å². The molecule has 1 nitrogen and oxygen atoms in total. The van der Waals surface area contributed by atoms with Gasteiger partial charge in [-0.15, -0.1) is 0 Å². The van der Waals surface area contributed by atoms with Crippen molar-refractivity contribution in [3.05, 3.63) is 71.0 Å². The maximum atomic E-state index is 13.2. The Labute approximate surface area is 112 Å². The number of benzene rings is 2. The zero-order valence-corrected chi connectivity index (χ0v) is 10.7. The second-order valence-corrected chi connectivity index (χ2v) is 5.25. The lowest BCUT2D eigenvalue weighted by molar-refractivity contribution is 0.219. The number of aliphatic hydroxyl groups is 1. The minimum absolute atomic E-state index is 0.317. The van der Waals surface area contributed by atoms with Gasteiger partial charge in [0.1, 0.15) is 11.9 Å². The monoisotopic (exact) mass is 256 g/mol. The molecule has 2 heteroatoms. The van der Waals surface area contributed by atoms with E-state index in [1.54, 1.807) is 12.1 Å². The van der Waals surface area contributed by atoms with Crippen LogP contribution in [0, 0.1) is 5.82 Å². The number of rotatable bonds is 3. The lowest BCUT2D eigenvalue weighted by Crippen LogP contribution is -2.09. The first-order chi connectivity index (χ1) is 9.24. The smallest absolute Gasteiger partial charge is 0.123 e. The molecule has 1 N–H and O–H groups in total. The number of aliphatic hydroxyl groups excluding tert-OH is 1. The van der Waals surface area contributed by atoms with Gasteiger partial charge in [-0.1, -0.05) is 42.8 Å². The van der Waals surface area contributed by atoms with Crippen LogP contribution in [-0.2, 0) is 0 Å². The highest BCUT2D eigenvalue weighted by atomic mass is 19.1. The molecule has 2 aromatic carbocycles. The molecule has 0 saturated heterocycles. The van der Waals surface area contributed by atoms with Crippen molar-refractivity contribution in [2.75, 3.05) is 0 Å². The van der Waals surface area contributed by atoms with Crippen LogP contribution in [0.15, 0.2) is 48.5 Å². The summed E-state index contributed by atoms with van der Waals surface area (Å²) in [7, 11) is 0. The minimum Gasteiger partial charge on any atom is -0.384 e. The summed E-state index contributed by atoms with van der Waals surface area (Å²) in [6.07, 6.45) is 3.10. The fourth-order valence-corrected chi connectivity index (χ4v) is 2.56. The van der Waals surface area contributed by atoms with E-state index in [0.29, 0.717) is 11.5 Å². The molecule has 2 aromatic rings. The first-order valence-corrected chi connectivity index (χ1v) is 6.77. The molecule has 0 aromatic heterocycles. The largest absolute Gasteiger partial charge is 0.384 e. The lowest BCUT2D eigenvalue weighted by atomic mass is 9.80. The maximum Gasteiger partial charge on any atom is 0.123 e. The molecule has 1 unspecified atom stereocenters. The number of hydrogen-bond donors (Lipinski definition) is 1. The lowest BCUT2D eigenvalue weighted by Gasteiger charge is -2.26. The van der Waals surface area contributed by atoms with Crippen molar-refractivity contribution in [2.45, 2.75) is 31.3 Å². The molecule has 1 atom stereocenters. The summed E-state index contributed by atoms with van der Waals surface area (Å²) in [5, 5.41) is 10.3. The van der Waals surface area contributed by atoms with Crippen LogP contribution in [0.1, 0.15) is 48.0 Å². The zero-order chi connectivity index (χ0) is 13.2. The van der Waals surface area contributed by atoms with E-state index >= 15 is 0 Å². The summed E-state index contributed by atoms with van der Waals surface area (Å²) in [6, 6.07) is 14.2. The minimum atomic E-state index is -0.758. The fourth-order valence-electron chi connectivity index (χ4n) is 2.56. The van der Waals surface area contributed by atoms with Crippen molar-refractivity contribution in [1.82, 2.24) is 0 Å². The quantitative estimate of drug-likeness (QED) is 0.873. The average Bonchev–Trinajstić information content (AvgIpc) is 2.37. The predicted octanol–water partition coefficient (Wildman–Crippen LogP) is 4.17. The average molecular weight is 256 g/mol. The third kappa shape index (κ3) is 2.54. The fraction of sp³-hybridized carbons (Fsp3) is 0.294. The molecular weight excluding hydrogens is 239 g/mol. The van der Waals surface area contributed by atoms with Crippen LogP contribution < -0.4 is 0 Å². The van der Waals surface area contributed by atoms with Crippen LogP contribution in [-0.4, -0.2) is 5.11 Å². The van der Waals surface area contributed by atoms with Crippen LogP contribution >= 0.6 is 0 Å².